The molecule has 160 valence electrons. The maximum atomic E-state index is 12.8. The van der Waals surface area contributed by atoms with Crippen LogP contribution in [0.1, 0.15) is 23.2 Å². The summed E-state index contributed by atoms with van der Waals surface area (Å²) in [5.41, 5.74) is 8.75. The molecule has 1 saturated heterocycles. The maximum absolute atomic E-state index is 12.8. The standard InChI is InChI=1S/C22H29N5O3/c1-26(12-13-30-2)22(23)25-20(17-4-3-5-19(28)14-17)18-8-11-27(15-18)21(29)16-6-9-24-10-7-16/h3,5-7,9-10,14,17,28H,4,8,11-13,15H2,1-2H3,(H2,23,25)/b20-18-. The largest absolute Gasteiger partial charge is 0.508 e. The van der Waals surface area contributed by atoms with Gasteiger partial charge in [-0.2, -0.15) is 0 Å². The number of aromatic nitrogens is 1. The number of nitrogens with two attached hydrogens (primary N) is 1. The van der Waals surface area contributed by atoms with E-state index in [0.29, 0.717) is 37.8 Å². The first-order valence-corrected chi connectivity index (χ1v) is 10.0. The SMILES string of the molecule is COCCN(C)/C(N)=N/C(=C1/CCN(C(=O)c2ccncc2)C1)C1C=C(O)C=CC1. The van der Waals surface area contributed by atoms with Gasteiger partial charge in [-0.15, -0.1) is 0 Å². The fourth-order valence-electron chi connectivity index (χ4n) is 3.55. The third-order valence-electron chi connectivity index (χ3n) is 5.30. The number of pyridine rings is 1. The van der Waals surface area contributed by atoms with Gasteiger partial charge in [0, 0.05) is 57.7 Å². The second-order valence-electron chi connectivity index (χ2n) is 7.42. The van der Waals surface area contributed by atoms with Gasteiger partial charge < -0.3 is 25.4 Å². The predicted octanol–water partition coefficient (Wildman–Crippen LogP) is 2.09. The molecule has 2 aliphatic rings. The smallest absolute Gasteiger partial charge is 0.254 e. The summed E-state index contributed by atoms with van der Waals surface area (Å²) in [6, 6.07) is 3.44. The third-order valence-corrected chi connectivity index (χ3v) is 5.30. The van der Waals surface area contributed by atoms with Crippen molar-refractivity contribution in [2.24, 2.45) is 16.6 Å². The van der Waals surface area contributed by atoms with Gasteiger partial charge in [-0.3, -0.25) is 9.78 Å². The summed E-state index contributed by atoms with van der Waals surface area (Å²) in [5, 5.41) is 9.99. The molecule has 1 amide bonds. The first-order valence-electron chi connectivity index (χ1n) is 10.0. The van der Waals surface area contributed by atoms with Crippen LogP contribution in [0.25, 0.3) is 0 Å². The molecule has 1 aromatic heterocycles. The minimum Gasteiger partial charge on any atom is -0.508 e. The summed E-state index contributed by atoms with van der Waals surface area (Å²) >= 11 is 0. The molecule has 0 aromatic carbocycles. The zero-order valence-electron chi connectivity index (χ0n) is 17.5. The van der Waals surface area contributed by atoms with E-state index in [9.17, 15) is 9.90 Å². The third kappa shape index (κ3) is 5.27. The number of aliphatic hydroxyl groups is 1. The Labute approximate surface area is 177 Å². The number of hydrogen-bond acceptors (Lipinski definition) is 5. The van der Waals surface area contributed by atoms with E-state index in [0.717, 1.165) is 24.1 Å². The second-order valence-corrected chi connectivity index (χ2v) is 7.42. The second kappa shape index (κ2) is 10.1. The van der Waals surface area contributed by atoms with Crippen LogP contribution >= 0.6 is 0 Å². The Morgan fingerprint density at radius 3 is 2.90 bits per heavy atom. The number of carbonyl (C=O) groups is 1. The lowest BCUT2D eigenvalue weighted by Gasteiger charge is -2.22. The van der Waals surface area contributed by atoms with E-state index in [1.807, 2.05) is 22.9 Å². The van der Waals surface area contributed by atoms with Crippen LogP contribution in [0.15, 0.2) is 64.8 Å². The number of aliphatic imine (C=N–C) groups is 1. The van der Waals surface area contributed by atoms with Gasteiger partial charge in [-0.1, -0.05) is 6.08 Å². The molecule has 0 radical (unpaired) electrons. The van der Waals surface area contributed by atoms with Crippen molar-refractivity contribution in [2.45, 2.75) is 12.8 Å². The molecule has 1 unspecified atom stereocenters. The molecule has 1 fully saturated rings. The normalized spacial score (nSPS) is 20.9. The zero-order valence-corrected chi connectivity index (χ0v) is 17.5. The molecule has 3 N–H and O–H groups in total. The molecule has 1 atom stereocenters. The summed E-state index contributed by atoms with van der Waals surface area (Å²) in [6.07, 6.45) is 10.1. The Kier molecular flexibility index (Phi) is 7.24. The van der Waals surface area contributed by atoms with Crippen molar-refractivity contribution in [3.05, 3.63) is 65.3 Å². The Hall–Kier alpha value is -3.13. The van der Waals surface area contributed by atoms with Gasteiger partial charge in [0.05, 0.1) is 12.3 Å². The van der Waals surface area contributed by atoms with Crippen molar-refractivity contribution in [1.29, 1.82) is 0 Å². The minimum absolute atomic E-state index is 0.0251. The minimum atomic E-state index is -0.0876. The Bertz CT molecular complexity index is 876. The van der Waals surface area contributed by atoms with Crippen molar-refractivity contribution >= 4 is 11.9 Å². The van der Waals surface area contributed by atoms with E-state index < -0.39 is 0 Å². The number of guanidine groups is 1. The summed E-state index contributed by atoms with van der Waals surface area (Å²) in [7, 11) is 3.51. The average Bonchev–Trinajstić information content (AvgIpc) is 3.25. The number of likely N-dealkylation sites (tertiary alicyclic amines) is 1. The fraction of sp³-hybridized carbons (Fsp3) is 0.409. The number of likely N-dealkylation sites (N-methyl/N-ethyl adjacent to an activating group) is 1. The first-order chi connectivity index (χ1) is 14.5. The molecule has 8 nitrogen and oxygen atoms in total. The molecule has 1 aliphatic carbocycles. The molecule has 1 aromatic rings. The van der Waals surface area contributed by atoms with Gasteiger partial charge in [0.2, 0.25) is 0 Å². The molecule has 30 heavy (non-hydrogen) atoms. The molecular weight excluding hydrogens is 382 g/mol. The average molecular weight is 412 g/mol. The van der Waals surface area contributed by atoms with Gasteiger partial charge in [0.25, 0.3) is 5.91 Å². The molecular formula is C22H29N5O3. The number of ether oxygens (including phenoxy) is 1. The quantitative estimate of drug-likeness (QED) is 0.549. The van der Waals surface area contributed by atoms with E-state index in [4.69, 9.17) is 15.5 Å². The van der Waals surface area contributed by atoms with Crippen molar-refractivity contribution < 1.29 is 14.6 Å². The topological polar surface area (TPSA) is 104 Å². The highest BCUT2D eigenvalue weighted by molar-refractivity contribution is 5.94. The van der Waals surface area contributed by atoms with Crippen LogP contribution in [0, 0.1) is 5.92 Å². The summed E-state index contributed by atoms with van der Waals surface area (Å²) in [4.78, 5) is 25.2. The molecule has 0 spiro atoms. The van der Waals surface area contributed by atoms with Gasteiger partial charge in [0.1, 0.15) is 5.76 Å². The van der Waals surface area contributed by atoms with Crippen molar-refractivity contribution in [1.82, 2.24) is 14.8 Å². The summed E-state index contributed by atoms with van der Waals surface area (Å²) < 4.78 is 5.12. The van der Waals surface area contributed by atoms with Gasteiger partial charge in [-0.25, -0.2) is 4.99 Å². The number of nitrogens with zero attached hydrogens (tertiary/aromatic N) is 4. The van der Waals surface area contributed by atoms with E-state index in [2.05, 4.69) is 4.98 Å². The number of methoxy groups -OCH3 is 1. The van der Waals surface area contributed by atoms with Gasteiger partial charge >= 0.3 is 0 Å². The summed E-state index contributed by atoms with van der Waals surface area (Å²) in [5.74, 6) is 0.489. The highest BCUT2D eigenvalue weighted by Gasteiger charge is 2.28. The highest BCUT2D eigenvalue weighted by Crippen LogP contribution is 2.31. The van der Waals surface area contributed by atoms with Crippen LogP contribution in [0.3, 0.4) is 0 Å². The Morgan fingerprint density at radius 2 is 2.20 bits per heavy atom. The number of allylic oxidation sites excluding steroid dienone is 3. The van der Waals surface area contributed by atoms with Crippen LogP contribution in [0.4, 0.5) is 0 Å². The number of aliphatic hydroxyl groups excluding tert-OH is 1. The number of hydrogen-bond donors (Lipinski definition) is 2. The molecule has 2 heterocycles. The van der Waals surface area contributed by atoms with E-state index >= 15 is 0 Å². The lowest BCUT2D eigenvalue weighted by atomic mass is 9.93. The van der Waals surface area contributed by atoms with Crippen LogP contribution < -0.4 is 5.73 Å². The van der Waals surface area contributed by atoms with Crippen molar-refractivity contribution in [3.8, 4) is 0 Å². The number of carbonyl (C=O) groups excluding carboxylic acids is 1. The lowest BCUT2D eigenvalue weighted by molar-refractivity contribution is 0.0796. The molecule has 3 rings (SSSR count). The van der Waals surface area contributed by atoms with Crippen LogP contribution in [0.2, 0.25) is 0 Å². The van der Waals surface area contributed by atoms with Gasteiger partial charge in [0.15, 0.2) is 5.96 Å². The molecule has 8 heteroatoms. The Morgan fingerprint density at radius 1 is 1.43 bits per heavy atom. The van der Waals surface area contributed by atoms with E-state index in [-0.39, 0.29) is 17.6 Å². The van der Waals surface area contributed by atoms with Gasteiger partial charge in [-0.05, 0) is 42.7 Å². The van der Waals surface area contributed by atoms with E-state index in [1.165, 1.54) is 0 Å². The zero-order chi connectivity index (χ0) is 21.5. The monoisotopic (exact) mass is 411 g/mol. The van der Waals surface area contributed by atoms with E-state index in [1.54, 1.807) is 43.8 Å². The van der Waals surface area contributed by atoms with Crippen molar-refractivity contribution in [3.63, 3.8) is 0 Å². The first kappa shape index (κ1) is 21.6. The molecule has 1 aliphatic heterocycles. The maximum Gasteiger partial charge on any atom is 0.254 e. The van der Waals surface area contributed by atoms with Crippen LogP contribution in [0.5, 0.6) is 0 Å². The molecule has 0 saturated carbocycles. The van der Waals surface area contributed by atoms with Crippen LogP contribution in [-0.2, 0) is 4.74 Å². The fourth-order valence-corrected chi connectivity index (χ4v) is 3.55. The predicted molar refractivity (Wildman–Crippen MR) is 116 cm³/mol. The number of amides is 1. The van der Waals surface area contributed by atoms with Crippen molar-refractivity contribution in [2.75, 3.05) is 40.4 Å². The summed E-state index contributed by atoms with van der Waals surface area (Å²) in [6.45, 7) is 2.27. The molecule has 0 bridgehead atoms. The Balaban J connectivity index is 1.87. The van der Waals surface area contributed by atoms with Crippen LogP contribution in [-0.4, -0.2) is 72.2 Å². The number of rotatable bonds is 6. The lowest BCUT2D eigenvalue weighted by Crippen LogP contribution is -2.36. The highest BCUT2D eigenvalue weighted by atomic mass is 16.5.